The zero-order valence-electron chi connectivity index (χ0n) is 12.0. The number of nitrogens with one attached hydrogen (secondary N) is 1. The Morgan fingerprint density at radius 1 is 1.50 bits per heavy atom. The minimum Gasteiger partial charge on any atom is -0.480 e. The average molecular weight is 327 g/mol. The lowest BCUT2D eigenvalue weighted by molar-refractivity contribution is -0.380. The van der Waals surface area contributed by atoms with Crippen molar-refractivity contribution in [3.05, 3.63) is 27.1 Å². The molecule has 0 radical (unpaired) electrons. The first-order valence-corrected chi connectivity index (χ1v) is 7.73. The molecule has 1 aromatic rings. The van der Waals surface area contributed by atoms with Gasteiger partial charge < -0.3 is 10.4 Å². The maximum atomic E-state index is 12.0. The normalized spacial score (nSPS) is 20.5. The van der Waals surface area contributed by atoms with Crippen LogP contribution in [0.2, 0.25) is 0 Å². The van der Waals surface area contributed by atoms with Gasteiger partial charge in [-0.15, -0.1) is 0 Å². The molecular formula is C13H17N3O5S. The van der Waals surface area contributed by atoms with E-state index in [-0.39, 0.29) is 29.5 Å². The molecule has 0 unspecified atom stereocenters. The Balaban J connectivity index is 1.82. The van der Waals surface area contributed by atoms with Crippen molar-refractivity contribution in [3.63, 3.8) is 0 Å². The molecule has 0 aromatic carbocycles. The molecule has 0 bridgehead atoms. The van der Waals surface area contributed by atoms with Gasteiger partial charge in [0.25, 0.3) is 5.91 Å². The molecule has 1 aliphatic rings. The summed E-state index contributed by atoms with van der Waals surface area (Å²) < 4.78 is 0. The van der Waals surface area contributed by atoms with Gasteiger partial charge in [-0.05, 0) is 25.5 Å². The van der Waals surface area contributed by atoms with Crippen LogP contribution in [0.25, 0.3) is 0 Å². The van der Waals surface area contributed by atoms with E-state index >= 15 is 0 Å². The summed E-state index contributed by atoms with van der Waals surface area (Å²) in [6.07, 6.45) is 1.39. The molecular weight excluding hydrogens is 310 g/mol. The van der Waals surface area contributed by atoms with Crippen LogP contribution in [0.1, 0.15) is 29.4 Å². The van der Waals surface area contributed by atoms with Gasteiger partial charge in [-0.2, -0.15) is 0 Å². The molecule has 1 amide bonds. The number of nitrogens with zero attached hydrogens (tertiary/aromatic N) is 2. The van der Waals surface area contributed by atoms with Crippen molar-refractivity contribution in [1.82, 2.24) is 10.2 Å². The van der Waals surface area contributed by atoms with Crippen molar-refractivity contribution in [1.29, 1.82) is 0 Å². The zero-order chi connectivity index (χ0) is 16.3. The monoisotopic (exact) mass is 327 g/mol. The molecule has 120 valence electrons. The molecule has 2 N–H and O–H groups in total. The topological polar surface area (TPSA) is 113 Å². The Kier molecular flexibility index (Phi) is 5.09. The summed E-state index contributed by atoms with van der Waals surface area (Å²) in [6.45, 7) is 2.55. The molecule has 2 rings (SSSR count). The molecule has 22 heavy (non-hydrogen) atoms. The summed E-state index contributed by atoms with van der Waals surface area (Å²) in [5.41, 5.74) is 0. The largest absolute Gasteiger partial charge is 0.480 e. The number of carboxylic acid groups (broad SMARTS) is 1. The Morgan fingerprint density at radius 3 is 2.68 bits per heavy atom. The molecule has 0 spiro atoms. The first-order chi connectivity index (χ1) is 10.4. The molecule has 8 nitrogen and oxygen atoms in total. The van der Waals surface area contributed by atoms with Crippen LogP contribution in [0.3, 0.4) is 0 Å². The first kappa shape index (κ1) is 16.4. The highest BCUT2D eigenvalue weighted by Crippen LogP contribution is 2.28. The smallest absolute Gasteiger partial charge is 0.324 e. The number of carbonyl (C=O) groups excluding carboxylic acids is 1. The quantitative estimate of drug-likeness (QED) is 0.577. The van der Waals surface area contributed by atoms with Gasteiger partial charge in [0.2, 0.25) is 0 Å². The van der Waals surface area contributed by atoms with Gasteiger partial charge in [-0.1, -0.05) is 18.3 Å². The number of likely N-dealkylation sites (N-methyl/N-ethyl adjacent to an activating group) is 1. The molecule has 0 atom stereocenters. The third-order valence-corrected chi connectivity index (χ3v) is 4.74. The molecule has 1 aromatic heterocycles. The maximum Gasteiger partial charge on any atom is 0.324 e. The number of hydrogen-bond acceptors (Lipinski definition) is 6. The van der Waals surface area contributed by atoms with Gasteiger partial charge >= 0.3 is 11.0 Å². The molecule has 0 aliphatic heterocycles. The van der Waals surface area contributed by atoms with E-state index in [1.807, 2.05) is 11.8 Å². The van der Waals surface area contributed by atoms with Crippen molar-refractivity contribution < 1.29 is 19.6 Å². The summed E-state index contributed by atoms with van der Waals surface area (Å²) in [5, 5.41) is 22.2. The zero-order valence-corrected chi connectivity index (χ0v) is 12.8. The molecule has 1 fully saturated rings. The van der Waals surface area contributed by atoms with Crippen molar-refractivity contribution >= 4 is 28.2 Å². The van der Waals surface area contributed by atoms with Crippen LogP contribution in [0.4, 0.5) is 5.00 Å². The minimum absolute atomic E-state index is 0.00104. The van der Waals surface area contributed by atoms with Crippen LogP contribution in [-0.4, -0.2) is 52.0 Å². The first-order valence-electron chi connectivity index (χ1n) is 6.91. The average Bonchev–Trinajstić information content (AvgIpc) is 2.89. The number of nitro groups is 1. The van der Waals surface area contributed by atoms with Gasteiger partial charge in [0.15, 0.2) is 0 Å². The predicted octanol–water partition coefficient (Wildman–Crippen LogP) is 1.32. The van der Waals surface area contributed by atoms with Gasteiger partial charge in [0.1, 0.15) is 0 Å². The lowest BCUT2D eigenvalue weighted by Gasteiger charge is -2.42. The molecule has 1 saturated carbocycles. The molecule has 1 heterocycles. The highest BCUT2D eigenvalue weighted by atomic mass is 32.1. The van der Waals surface area contributed by atoms with Gasteiger partial charge in [0, 0.05) is 18.2 Å². The number of rotatable bonds is 7. The van der Waals surface area contributed by atoms with E-state index in [4.69, 9.17) is 5.11 Å². The molecule has 1 aliphatic carbocycles. The second kappa shape index (κ2) is 6.84. The maximum absolute atomic E-state index is 12.0. The van der Waals surface area contributed by atoms with Crippen molar-refractivity contribution in [3.8, 4) is 0 Å². The van der Waals surface area contributed by atoms with E-state index in [0.29, 0.717) is 24.3 Å². The second-order valence-corrected chi connectivity index (χ2v) is 6.21. The van der Waals surface area contributed by atoms with Gasteiger partial charge in [-0.25, -0.2) is 0 Å². The van der Waals surface area contributed by atoms with Gasteiger partial charge in [-0.3, -0.25) is 24.6 Å². The van der Waals surface area contributed by atoms with Crippen LogP contribution in [0.15, 0.2) is 12.1 Å². The Labute approximate surface area is 130 Å². The highest BCUT2D eigenvalue weighted by Gasteiger charge is 2.35. The van der Waals surface area contributed by atoms with Gasteiger partial charge in [0.05, 0.1) is 16.3 Å². The van der Waals surface area contributed by atoms with E-state index in [9.17, 15) is 19.7 Å². The third kappa shape index (κ3) is 3.80. The number of thiophene rings is 1. The van der Waals surface area contributed by atoms with Crippen LogP contribution in [0, 0.1) is 10.1 Å². The van der Waals surface area contributed by atoms with Crippen molar-refractivity contribution in [2.24, 2.45) is 0 Å². The third-order valence-electron chi connectivity index (χ3n) is 3.70. The minimum atomic E-state index is -0.861. The van der Waals surface area contributed by atoms with E-state index in [1.165, 1.54) is 12.1 Å². The van der Waals surface area contributed by atoms with Crippen LogP contribution >= 0.6 is 11.3 Å². The van der Waals surface area contributed by atoms with Crippen LogP contribution < -0.4 is 5.32 Å². The van der Waals surface area contributed by atoms with Crippen LogP contribution in [-0.2, 0) is 4.79 Å². The summed E-state index contributed by atoms with van der Waals surface area (Å²) in [6, 6.07) is 2.90. The fraction of sp³-hybridized carbons (Fsp3) is 0.538. The van der Waals surface area contributed by atoms with E-state index < -0.39 is 10.9 Å². The number of carboxylic acids is 1. The second-order valence-electron chi connectivity index (χ2n) is 5.15. The van der Waals surface area contributed by atoms with E-state index in [2.05, 4.69) is 5.32 Å². The van der Waals surface area contributed by atoms with Crippen molar-refractivity contribution in [2.75, 3.05) is 13.1 Å². The number of carbonyl (C=O) groups is 2. The Morgan fingerprint density at radius 2 is 2.18 bits per heavy atom. The van der Waals surface area contributed by atoms with Crippen LogP contribution in [0.5, 0.6) is 0 Å². The Hall–Kier alpha value is -2.00. The predicted molar refractivity (Wildman–Crippen MR) is 80.1 cm³/mol. The Bertz CT molecular complexity index is 582. The summed E-state index contributed by atoms with van der Waals surface area (Å²) in [4.78, 5) is 35.0. The van der Waals surface area contributed by atoms with Crippen molar-refractivity contribution in [2.45, 2.75) is 31.8 Å². The number of hydrogen-bond donors (Lipinski definition) is 2. The number of amides is 1. The van der Waals surface area contributed by atoms with E-state index in [1.54, 1.807) is 0 Å². The summed E-state index contributed by atoms with van der Waals surface area (Å²) in [7, 11) is 0. The molecule has 9 heteroatoms. The fourth-order valence-corrected chi connectivity index (χ4v) is 3.20. The summed E-state index contributed by atoms with van der Waals surface area (Å²) >= 11 is 0.846. The number of aliphatic carboxylic acids is 1. The van der Waals surface area contributed by atoms with E-state index in [0.717, 1.165) is 11.3 Å². The lowest BCUT2D eigenvalue weighted by Crippen LogP contribution is -2.54. The summed E-state index contributed by atoms with van der Waals surface area (Å²) in [5.74, 6) is -1.18. The fourth-order valence-electron chi connectivity index (χ4n) is 2.48. The lowest BCUT2D eigenvalue weighted by atomic mass is 9.85. The SMILES string of the molecule is CCN(CC(=O)O)C1CC(NC(=O)c2ccc([N+](=O)[O-])s2)C1. The molecule has 0 saturated heterocycles. The highest BCUT2D eigenvalue weighted by molar-refractivity contribution is 7.17. The standard InChI is InChI=1S/C13H17N3O5S/c1-2-15(7-12(17)18)9-5-8(6-9)14-13(19)10-3-4-11(22-10)16(20)21/h3-4,8-9H,2,5-7H2,1H3,(H,14,19)(H,17,18).